The Labute approximate surface area is 213 Å². The first-order chi connectivity index (χ1) is 16.9. The molecule has 7 heteroatoms. The molecule has 1 atom stereocenters. The van der Waals surface area contributed by atoms with Gasteiger partial charge in [0.1, 0.15) is 5.01 Å². The molecule has 0 bridgehead atoms. The van der Waals surface area contributed by atoms with Crippen molar-refractivity contribution in [2.24, 2.45) is 5.92 Å². The Balaban J connectivity index is 1.28. The molecule has 3 aromatic carbocycles. The Kier molecular flexibility index (Phi) is 6.41. The summed E-state index contributed by atoms with van der Waals surface area (Å²) in [6.07, 6.45) is 0.203. The minimum Gasteiger partial charge on any atom is -0.326 e. The Bertz CT molecular complexity index is 1410. The second-order valence-electron chi connectivity index (χ2n) is 8.79. The van der Waals surface area contributed by atoms with Crippen LogP contribution < -0.4 is 10.2 Å². The topological polar surface area (TPSA) is 62.3 Å². The molecule has 1 aliphatic rings. The lowest BCUT2D eigenvalue weighted by Gasteiger charge is -2.18. The molecule has 2 amide bonds. The van der Waals surface area contributed by atoms with Crippen molar-refractivity contribution in [3.63, 3.8) is 0 Å². The van der Waals surface area contributed by atoms with E-state index >= 15 is 0 Å². The molecule has 0 radical (unpaired) electrons. The van der Waals surface area contributed by atoms with Crippen molar-refractivity contribution in [1.82, 2.24) is 4.98 Å². The summed E-state index contributed by atoms with van der Waals surface area (Å²) in [6.45, 7) is 4.44. The van der Waals surface area contributed by atoms with E-state index in [9.17, 15) is 9.59 Å². The number of amides is 2. The average molecular weight is 502 g/mol. The minimum atomic E-state index is -0.399. The predicted molar refractivity (Wildman–Crippen MR) is 143 cm³/mol. The average Bonchev–Trinajstić information content (AvgIpc) is 3.49. The van der Waals surface area contributed by atoms with Gasteiger partial charge in [-0.25, -0.2) is 4.98 Å². The summed E-state index contributed by atoms with van der Waals surface area (Å²) in [5.41, 5.74) is 6.60. The first-order valence-electron chi connectivity index (χ1n) is 11.4. The van der Waals surface area contributed by atoms with E-state index in [1.165, 1.54) is 5.56 Å². The van der Waals surface area contributed by atoms with Crippen LogP contribution in [-0.4, -0.2) is 23.3 Å². The van der Waals surface area contributed by atoms with Crippen molar-refractivity contribution >= 4 is 46.1 Å². The number of nitrogens with zero attached hydrogens (tertiary/aromatic N) is 2. The van der Waals surface area contributed by atoms with E-state index < -0.39 is 5.92 Å². The highest BCUT2D eigenvalue weighted by molar-refractivity contribution is 7.13. The van der Waals surface area contributed by atoms with Gasteiger partial charge in [-0.15, -0.1) is 11.3 Å². The monoisotopic (exact) mass is 501 g/mol. The highest BCUT2D eigenvalue weighted by atomic mass is 35.5. The summed E-state index contributed by atoms with van der Waals surface area (Å²) in [5, 5.41) is 6.59. The fraction of sp³-hybridized carbons (Fsp3) is 0.179. The van der Waals surface area contributed by atoms with E-state index in [0.29, 0.717) is 17.3 Å². The smallest absolute Gasteiger partial charge is 0.229 e. The number of anilines is 2. The Morgan fingerprint density at radius 2 is 1.83 bits per heavy atom. The van der Waals surface area contributed by atoms with Crippen LogP contribution in [0.2, 0.25) is 5.02 Å². The van der Waals surface area contributed by atoms with E-state index in [2.05, 4.69) is 5.32 Å². The zero-order valence-corrected chi connectivity index (χ0v) is 21.0. The summed E-state index contributed by atoms with van der Waals surface area (Å²) in [7, 11) is 0. The molecule has 1 aromatic heterocycles. The quantitative estimate of drug-likeness (QED) is 0.329. The van der Waals surface area contributed by atoms with Crippen LogP contribution in [0.3, 0.4) is 0 Å². The summed E-state index contributed by atoms with van der Waals surface area (Å²) in [6, 6.07) is 21.2. The van der Waals surface area contributed by atoms with Crippen molar-refractivity contribution in [2.45, 2.75) is 20.3 Å². The van der Waals surface area contributed by atoms with Gasteiger partial charge in [-0.3, -0.25) is 9.59 Å². The number of carbonyl (C=O) groups excluding carboxylic acids is 2. The van der Waals surface area contributed by atoms with Crippen LogP contribution in [0, 0.1) is 19.8 Å². The Morgan fingerprint density at radius 1 is 1.03 bits per heavy atom. The van der Waals surface area contributed by atoms with Crippen LogP contribution in [0.15, 0.2) is 72.1 Å². The number of hydrogen-bond acceptors (Lipinski definition) is 4. The number of aryl methyl sites for hydroxylation is 2. The molecule has 2 heterocycles. The van der Waals surface area contributed by atoms with Crippen LogP contribution in [0.1, 0.15) is 17.5 Å². The van der Waals surface area contributed by atoms with Crippen LogP contribution in [-0.2, 0) is 9.59 Å². The third-order valence-corrected chi connectivity index (χ3v) is 7.46. The number of rotatable bonds is 5. The van der Waals surface area contributed by atoms with Crippen molar-refractivity contribution in [3.05, 3.63) is 88.3 Å². The molecule has 1 aliphatic heterocycles. The van der Waals surface area contributed by atoms with E-state index in [1.807, 2.05) is 86.0 Å². The maximum absolute atomic E-state index is 13.0. The number of halogens is 1. The summed E-state index contributed by atoms with van der Waals surface area (Å²) in [5.74, 6) is -0.579. The van der Waals surface area contributed by atoms with E-state index in [4.69, 9.17) is 16.6 Å². The largest absolute Gasteiger partial charge is 0.326 e. The van der Waals surface area contributed by atoms with Gasteiger partial charge in [-0.2, -0.15) is 0 Å². The molecule has 176 valence electrons. The summed E-state index contributed by atoms with van der Waals surface area (Å²) >= 11 is 7.55. The van der Waals surface area contributed by atoms with E-state index in [0.717, 1.165) is 33.1 Å². The van der Waals surface area contributed by atoms with Crippen LogP contribution >= 0.6 is 22.9 Å². The van der Waals surface area contributed by atoms with Crippen molar-refractivity contribution in [2.75, 3.05) is 16.8 Å². The molecule has 1 unspecified atom stereocenters. The van der Waals surface area contributed by atoms with Crippen molar-refractivity contribution in [3.8, 4) is 21.8 Å². The Hall–Kier alpha value is -3.48. The van der Waals surface area contributed by atoms with Crippen LogP contribution in [0.5, 0.6) is 0 Å². The molecule has 35 heavy (non-hydrogen) atoms. The maximum atomic E-state index is 13.0. The van der Waals surface area contributed by atoms with Crippen molar-refractivity contribution < 1.29 is 9.59 Å². The maximum Gasteiger partial charge on any atom is 0.229 e. The fourth-order valence-electron chi connectivity index (χ4n) is 4.16. The molecule has 4 aromatic rings. The lowest BCUT2D eigenvalue weighted by atomic mass is 10.1. The molecule has 0 saturated carbocycles. The number of benzene rings is 3. The summed E-state index contributed by atoms with van der Waals surface area (Å²) < 4.78 is 0. The predicted octanol–water partition coefficient (Wildman–Crippen LogP) is 6.74. The normalized spacial score (nSPS) is 15.5. The highest BCUT2D eigenvalue weighted by Gasteiger charge is 2.35. The first kappa shape index (κ1) is 23.3. The first-order valence-corrected chi connectivity index (χ1v) is 12.6. The number of aromatic nitrogens is 1. The third-order valence-electron chi connectivity index (χ3n) is 6.32. The molecule has 1 N–H and O–H groups in total. The minimum absolute atomic E-state index is 0.0284. The fourth-order valence-corrected chi connectivity index (χ4v) is 5.12. The van der Waals surface area contributed by atoms with Gasteiger partial charge >= 0.3 is 0 Å². The van der Waals surface area contributed by atoms with Gasteiger partial charge in [-0.1, -0.05) is 41.9 Å². The number of hydrogen-bond donors (Lipinski definition) is 1. The van der Waals surface area contributed by atoms with Crippen LogP contribution in [0.25, 0.3) is 21.8 Å². The molecule has 0 spiro atoms. The number of nitrogens with one attached hydrogen (secondary N) is 1. The van der Waals surface area contributed by atoms with Gasteiger partial charge in [0, 0.05) is 45.9 Å². The zero-order chi connectivity index (χ0) is 24.5. The zero-order valence-electron chi connectivity index (χ0n) is 19.4. The van der Waals surface area contributed by atoms with E-state index in [-0.39, 0.29) is 18.2 Å². The molecule has 1 saturated heterocycles. The second-order valence-corrected chi connectivity index (χ2v) is 10.1. The van der Waals surface area contributed by atoms with Gasteiger partial charge < -0.3 is 10.2 Å². The SMILES string of the molecule is Cc1ccc(N2CC(C(=O)Nc3cccc(-c4csc(-c5ccc(Cl)cc5)n4)c3)CC2=O)cc1C. The van der Waals surface area contributed by atoms with Gasteiger partial charge in [0.25, 0.3) is 0 Å². The van der Waals surface area contributed by atoms with Gasteiger partial charge in [0.2, 0.25) is 11.8 Å². The Morgan fingerprint density at radius 3 is 2.60 bits per heavy atom. The third kappa shape index (κ3) is 4.99. The molecule has 1 fully saturated rings. The standard InChI is InChI=1S/C28H24ClN3O2S/c1-17-6-11-24(12-18(17)2)32-15-21(14-26(32)33)27(34)30-23-5-3-4-20(13-23)25-16-35-28(31-25)19-7-9-22(29)10-8-19/h3-13,16,21H,14-15H2,1-2H3,(H,30,34). The molecule has 5 rings (SSSR count). The second kappa shape index (κ2) is 9.64. The summed E-state index contributed by atoms with van der Waals surface area (Å²) in [4.78, 5) is 32.1. The highest BCUT2D eigenvalue weighted by Crippen LogP contribution is 2.31. The lowest BCUT2D eigenvalue weighted by molar-refractivity contribution is -0.122. The number of thiazole rings is 1. The number of carbonyl (C=O) groups is 2. The lowest BCUT2D eigenvalue weighted by Crippen LogP contribution is -2.28. The van der Waals surface area contributed by atoms with Gasteiger partial charge in [0.15, 0.2) is 0 Å². The molecule has 5 nitrogen and oxygen atoms in total. The molecular weight excluding hydrogens is 478 g/mol. The van der Waals surface area contributed by atoms with Crippen LogP contribution in [0.4, 0.5) is 11.4 Å². The van der Waals surface area contributed by atoms with Gasteiger partial charge in [0.05, 0.1) is 11.6 Å². The van der Waals surface area contributed by atoms with Crippen molar-refractivity contribution in [1.29, 1.82) is 0 Å². The molecular formula is C28H24ClN3O2S. The molecule has 0 aliphatic carbocycles. The van der Waals surface area contributed by atoms with Gasteiger partial charge in [-0.05, 0) is 61.4 Å². The van der Waals surface area contributed by atoms with E-state index in [1.54, 1.807) is 16.2 Å².